The first kappa shape index (κ1) is 17.6. The standard InChI is InChI=1S/C16H17NO4S2/c1-4-21-15(19)10(2)17-14(18)13(23-16(17)20)9-11-5-7-12(22-3)8-6-11/h5-10H,4H2,1-3H3/b13-9+/t10-/m0/s1. The Hall–Kier alpha value is -1.73. The summed E-state index contributed by atoms with van der Waals surface area (Å²) >= 11 is 2.46. The zero-order chi connectivity index (χ0) is 17.0. The minimum Gasteiger partial charge on any atom is -0.464 e. The molecule has 0 aromatic heterocycles. The summed E-state index contributed by atoms with van der Waals surface area (Å²) in [7, 11) is 0. The van der Waals surface area contributed by atoms with Gasteiger partial charge in [-0.1, -0.05) is 12.1 Å². The van der Waals surface area contributed by atoms with E-state index in [2.05, 4.69) is 0 Å². The lowest BCUT2D eigenvalue weighted by molar-refractivity contribution is -0.150. The van der Waals surface area contributed by atoms with Crippen LogP contribution in [0.1, 0.15) is 19.4 Å². The van der Waals surface area contributed by atoms with Crippen LogP contribution in [-0.2, 0) is 14.3 Å². The summed E-state index contributed by atoms with van der Waals surface area (Å²) in [5.41, 5.74) is 0.831. The van der Waals surface area contributed by atoms with Gasteiger partial charge in [0.25, 0.3) is 11.1 Å². The number of rotatable bonds is 5. The zero-order valence-corrected chi connectivity index (χ0v) is 14.7. The molecule has 0 radical (unpaired) electrons. The Morgan fingerprint density at radius 1 is 1.35 bits per heavy atom. The Morgan fingerprint density at radius 2 is 2.00 bits per heavy atom. The number of benzene rings is 1. The lowest BCUT2D eigenvalue weighted by Crippen LogP contribution is -2.42. The van der Waals surface area contributed by atoms with Gasteiger partial charge in [0.05, 0.1) is 11.5 Å². The molecule has 1 aromatic rings. The Balaban J connectivity index is 2.19. The van der Waals surface area contributed by atoms with Crippen molar-refractivity contribution in [3.8, 4) is 0 Å². The predicted octanol–water partition coefficient (Wildman–Crippen LogP) is 3.40. The number of carbonyl (C=O) groups excluding carboxylic acids is 3. The molecule has 1 aliphatic heterocycles. The number of ether oxygens (including phenoxy) is 1. The molecule has 0 spiro atoms. The second-order valence-electron chi connectivity index (χ2n) is 4.75. The van der Waals surface area contributed by atoms with Crippen molar-refractivity contribution >= 4 is 46.7 Å². The molecule has 1 fully saturated rings. The van der Waals surface area contributed by atoms with Crippen LogP contribution in [0.4, 0.5) is 4.79 Å². The summed E-state index contributed by atoms with van der Waals surface area (Å²) in [6, 6.07) is 6.74. The normalized spacial score (nSPS) is 17.7. The molecule has 1 atom stereocenters. The van der Waals surface area contributed by atoms with E-state index in [1.807, 2.05) is 30.5 Å². The van der Waals surface area contributed by atoms with Crippen LogP contribution >= 0.6 is 23.5 Å². The van der Waals surface area contributed by atoms with Crippen molar-refractivity contribution in [2.24, 2.45) is 0 Å². The second-order valence-corrected chi connectivity index (χ2v) is 6.63. The number of hydrogen-bond acceptors (Lipinski definition) is 6. The molecule has 1 heterocycles. The summed E-state index contributed by atoms with van der Waals surface area (Å²) in [5, 5.41) is -0.456. The highest BCUT2D eigenvalue weighted by atomic mass is 32.2. The first-order valence-electron chi connectivity index (χ1n) is 7.05. The SMILES string of the molecule is CCOC(=O)[C@H](C)N1C(=O)S/C(=C/c2ccc(SC)cc2)C1=O. The topological polar surface area (TPSA) is 63.7 Å². The Bertz CT molecular complexity index is 655. The molecule has 0 bridgehead atoms. The summed E-state index contributed by atoms with van der Waals surface area (Å²) < 4.78 is 4.88. The molecule has 2 amide bonds. The van der Waals surface area contributed by atoms with Gasteiger partial charge in [0.15, 0.2) is 0 Å². The third kappa shape index (κ3) is 3.97. The van der Waals surface area contributed by atoms with Crippen molar-refractivity contribution < 1.29 is 19.1 Å². The van der Waals surface area contributed by atoms with Gasteiger partial charge in [0.1, 0.15) is 6.04 Å². The van der Waals surface area contributed by atoms with Crippen LogP contribution in [0.15, 0.2) is 34.1 Å². The van der Waals surface area contributed by atoms with E-state index in [1.165, 1.54) is 6.92 Å². The number of esters is 1. The van der Waals surface area contributed by atoms with Crippen molar-refractivity contribution in [3.05, 3.63) is 34.7 Å². The van der Waals surface area contributed by atoms with E-state index in [-0.39, 0.29) is 6.61 Å². The summed E-state index contributed by atoms with van der Waals surface area (Å²) in [6.07, 6.45) is 3.64. The van der Waals surface area contributed by atoms with Gasteiger partial charge in [-0.2, -0.15) is 0 Å². The van der Waals surface area contributed by atoms with Crippen LogP contribution in [0.25, 0.3) is 6.08 Å². The van der Waals surface area contributed by atoms with Crippen molar-refractivity contribution in [1.82, 2.24) is 4.90 Å². The highest BCUT2D eigenvalue weighted by Gasteiger charge is 2.41. The van der Waals surface area contributed by atoms with Crippen molar-refractivity contribution in [3.63, 3.8) is 0 Å². The fourth-order valence-corrected chi connectivity index (χ4v) is 3.35. The molecule has 0 unspecified atom stereocenters. The lowest BCUT2D eigenvalue weighted by atomic mass is 10.2. The minimum atomic E-state index is -0.924. The van der Waals surface area contributed by atoms with E-state index in [1.54, 1.807) is 24.8 Å². The average molecular weight is 351 g/mol. The molecule has 23 heavy (non-hydrogen) atoms. The number of hydrogen-bond donors (Lipinski definition) is 0. The number of nitrogens with zero attached hydrogens (tertiary/aromatic N) is 1. The zero-order valence-electron chi connectivity index (χ0n) is 13.1. The van der Waals surface area contributed by atoms with Crippen molar-refractivity contribution in [2.75, 3.05) is 12.9 Å². The summed E-state index contributed by atoms with van der Waals surface area (Å²) in [4.78, 5) is 38.6. The second kappa shape index (κ2) is 7.70. The molecule has 7 heteroatoms. The first-order chi connectivity index (χ1) is 11.0. The highest BCUT2D eigenvalue weighted by Crippen LogP contribution is 2.34. The average Bonchev–Trinajstić information content (AvgIpc) is 2.81. The molecule has 0 saturated carbocycles. The fraction of sp³-hybridized carbons (Fsp3) is 0.312. The van der Waals surface area contributed by atoms with Gasteiger partial charge < -0.3 is 4.74 Å². The highest BCUT2D eigenvalue weighted by molar-refractivity contribution is 8.18. The van der Waals surface area contributed by atoms with Crippen LogP contribution < -0.4 is 0 Å². The largest absolute Gasteiger partial charge is 0.464 e. The third-order valence-electron chi connectivity index (χ3n) is 3.25. The van der Waals surface area contributed by atoms with Crippen LogP contribution in [0, 0.1) is 0 Å². The van der Waals surface area contributed by atoms with Gasteiger partial charge in [-0.3, -0.25) is 14.5 Å². The molecule has 5 nitrogen and oxygen atoms in total. The predicted molar refractivity (Wildman–Crippen MR) is 92.1 cm³/mol. The Kier molecular flexibility index (Phi) is 5.90. The molecule has 1 saturated heterocycles. The van der Waals surface area contributed by atoms with Gasteiger partial charge >= 0.3 is 5.97 Å². The lowest BCUT2D eigenvalue weighted by Gasteiger charge is -2.19. The van der Waals surface area contributed by atoms with Gasteiger partial charge in [-0.25, -0.2) is 4.79 Å². The molecule has 0 N–H and O–H groups in total. The van der Waals surface area contributed by atoms with E-state index < -0.39 is 23.2 Å². The maximum Gasteiger partial charge on any atom is 0.329 e. The quantitative estimate of drug-likeness (QED) is 0.460. The van der Waals surface area contributed by atoms with Crippen molar-refractivity contribution in [2.45, 2.75) is 24.8 Å². The molecule has 2 rings (SSSR count). The molecule has 122 valence electrons. The number of carbonyl (C=O) groups is 3. The van der Waals surface area contributed by atoms with E-state index >= 15 is 0 Å². The van der Waals surface area contributed by atoms with Crippen molar-refractivity contribution in [1.29, 1.82) is 0 Å². The first-order valence-corrected chi connectivity index (χ1v) is 9.09. The van der Waals surface area contributed by atoms with Crippen LogP contribution in [0.2, 0.25) is 0 Å². The van der Waals surface area contributed by atoms with Gasteiger partial charge in [-0.15, -0.1) is 11.8 Å². The number of imide groups is 1. The third-order valence-corrected chi connectivity index (χ3v) is 4.88. The fourth-order valence-electron chi connectivity index (χ4n) is 2.03. The Labute approximate surface area is 143 Å². The molecular formula is C16H17NO4S2. The maximum absolute atomic E-state index is 12.4. The number of amides is 2. The smallest absolute Gasteiger partial charge is 0.329 e. The van der Waals surface area contributed by atoms with E-state index in [9.17, 15) is 14.4 Å². The van der Waals surface area contributed by atoms with Gasteiger partial charge in [0.2, 0.25) is 0 Å². The van der Waals surface area contributed by atoms with E-state index in [0.29, 0.717) is 4.91 Å². The van der Waals surface area contributed by atoms with Gasteiger partial charge in [0, 0.05) is 4.90 Å². The van der Waals surface area contributed by atoms with Crippen LogP contribution in [0.3, 0.4) is 0 Å². The monoisotopic (exact) mass is 351 g/mol. The van der Waals surface area contributed by atoms with E-state index in [4.69, 9.17) is 4.74 Å². The Morgan fingerprint density at radius 3 is 2.57 bits per heavy atom. The molecular weight excluding hydrogens is 334 g/mol. The summed E-state index contributed by atoms with van der Waals surface area (Å²) in [5.74, 6) is -1.05. The van der Waals surface area contributed by atoms with Crippen LogP contribution in [0.5, 0.6) is 0 Å². The molecule has 1 aromatic carbocycles. The number of thioether (sulfide) groups is 2. The van der Waals surface area contributed by atoms with Crippen LogP contribution in [-0.4, -0.2) is 40.9 Å². The maximum atomic E-state index is 12.4. The van der Waals surface area contributed by atoms with E-state index in [0.717, 1.165) is 27.1 Å². The summed E-state index contributed by atoms with van der Waals surface area (Å²) in [6.45, 7) is 3.37. The van der Waals surface area contributed by atoms with Gasteiger partial charge in [-0.05, 0) is 55.6 Å². The minimum absolute atomic E-state index is 0.205. The molecule has 1 aliphatic rings. The molecule has 0 aliphatic carbocycles.